The fourth-order valence-electron chi connectivity index (χ4n) is 16.9. The van der Waals surface area contributed by atoms with E-state index in [1.54, 1.807) is 0 Å². The van der Waals surface area contributed by atoms with Gasteiger partial charge in [0.25, 0.3) is 0 Å². The summed E-state index contributed by atoms with van der Waals surface area (Å²) in [5, 5.41) is 142. The maximum atomic E-state index is 12.4. The predicted molar refractivity (Wildman–Crippen MR) is 277 cm³/mol. The summed E-state index contributed by atoms with van der Waals surface area (Å²) in [6.07, 6.45) is -30.0. The third-order valence-corrected chi connectivity index (χ3v) is 21.8. The van der Waals surface area contributed by atoms with Crippen molar-refractivity contribution in [3.8, 4) is 0 Å². The van der Waals surface area contributed by atoms with E-state index in [0.29, 0.717) is 48.3 Å². The van der Waals surface area contributed by atoms with Crippen molar-refractivity contribution < 1.29 is 123 Å². The zero-order valence-electron chi connectivity index (χ0n) is 47.8. The van der Waals surface area contributed by atoms with Gasteiger partial charge in [-0.1, -0.05) is 39.3 Å². The third-order valence-electron chi connectivity index (χ3n) is 21.8. The molecule has 10 fully saturated rings. The van der Waals surface area contributed by atoms with Crippen LogP contribution in [-0.4, -0.2) is 258 Å². The summed E-state index contributed by atoms with van der Waals surface area (Å²) in [6, 6.07) is 0. The smallest absolute Gasteiger partial charge is 0.187 e. The average molecular weight is 1180 g/mol. The molecule has 0 aromatic rings. The van der Waals surface area contributed by atoms with Gasteiger partial charge in [0.15, 0.2) is 37.2 Å². The van der Waals surface area contributed by atoms with Crippen LogP contribution in [0, 0.1) is 46.3 Å². The molecule has 11 aliphatic rings. The Hall–Kier alpha value is -1.26. The zero-order chi connectivity index (χ0) is 58.8. The topological polar surface area (TPSA) is 374 Å². The van der Waals surface area contributed by atoms with Crippen LogP contribution in [0.1, 0.15) is 106 Å². The lowest BCUT2D eigenvalue weighted by atomic mass is 9.47. The minimum Gasteiger partial charge on any atom is -0.394 e. The number of fused-ring (bicyclic) bond motifs is 7. The van der Waals surface area contributed by atoms with Crippen LogP contribution in [-0.2, 0) is 56.8 Å². The summed E-state index contributed by atoms with van der Waals surface area (Å²) in [6.45, 7) is 13.0. The second kappa shape index (κ2) is 23.9. The Kier molecular flexibility index (Phi) is 18.2. The number of allylic oxidation sites excluding steroid dienone is 1. The molecule has 0 aromatic carbocycles. The zero-order valence-corrected chi connectivity index (χ0v) is 47.8. The van der Waals surface area contributed by atoms with E-state index in [2.05, 4.69) is 33.8 Å². The fourth-order valence-corrected chi connectivity index (χ4v) is 16.9. The molecule has 25 heteroatoms. The van der Waals surface area contributed by atoms with E-state index in [4.69, 9.17) is 56.8 Å². The number of ether oxygens (including phenoxy) is 12. The average Bonchev–Trinajstić information content (AvgIpc) is 3.96. The Bertz CT molecular complexity index is 2210. The molecule has 0 radical (unpaired) electrons. The Morgan fingerprint density at radius 3 is 1.72 bits per heavy atom. The normalized spacial score (nSPS) is 57.9. The highest BCUT2D eigenvalue weighted by atomic mass is 16.8. The molecule has 0 amide bonds. The lowest BCUT2D eigenvalue weighted by Crippen LogP contribution is -2.67. The Labute approximate surface area is 477 Å². The van der Waals surface area contributed by atoms with Gasteiger partial charge in [-0.3, -0.25) is 0 Å². The second-order valence-electron chi connectivity index (χ2n) is 26.7. The quantitative estimate of drug-likeness (QED) is 0.0933. The number of hydrogen-bond acceptors (Lipinski definition) is 25. The van der Waals surface area contributed by atoms with E-state index in [1.165, 1.54) is 26.3 Å². The van der Waals surface area contributed by atoms with Crippen molar-refractivity contribution in [1.82, 2.24) is 0 Å². The van der Waals surface area contributed by atoms with Crippen LogP contribution < -0.4 is 0 Å². The first-order valence-electron chi connectivity index (χ1n) is 30.1. The van der Waals surface area contributed by atoms with E-state index in [0.717, 1.165) is 51.6 Å². The summed E-state index contributed by atoms with van der Waals surface area (Å²) < 4.78 is 74.4. The summed E-state index contributed by atoms with van der Waals surface area (Å²) in [4.78, 5) is 0. The summed E-state index contributed by atoms with van der Waals surface area (Å²) >= 11 is 0. The minimum atomic E-state index is -1.97. The fraction of sp³-hybridized carbons (Fsp3) is 0.965. The molecule has 3 saturated carbocycles. The molecule has 82 heavy (non-hydrogen) atoms. The highest BCUT2D eigenvalue weighted by Gasteiger charge is 2.69. The predicted octanol–water partition coefficient (Wildman–Crippen LogP) is -2.08. The lowest BCUT2D eigenvalue weighted by Gasteiger charge is -2.59. The first kappa shape index (κ1) is 62.4. The molecule has 1 unspecified atom stereocenters. The Morgan fingerprint density at radius 2 is 1.06 bits per heavy atom. The monoisotopic (exact) mass is 1180 g/mol. The summed E-state index contributed by atoms with van der Waals surface area (Å²) in [5.74, 6) is 2.29. The molecule has 7 aliphatic heterocycles. The minimum absolute atomic E-state index is 0.0948. The van der Waals surface area contributed by atoms with Gasteiger partial charge in [0.2, 0.25) is 0 Å². The molecule has 11 rings (SSSR count). The summed E-state index contributed by atoms with van der Waals surface area (Å²) in [7, 11) is 0. The van der Waals surface area contributed by atoms with Crippen molar-refractivity contribution in [2.24, 2.45) is 46.3 Å². The molecule has 25 nitrogen and oxygen atoms in total. The largest absolute Gasteiger partial charge is 0.394 e. The van der Waals surface area contributed by atoms with Crippen molar-refractivity contribution in [1.29, 1.82) is 0 Å². The Morgan fingerprint density at radius 1 is 0.512 bits per heavy atom. The molecule has 0 aromatic heterocycles. The molecule has 7 saturated heterocycles. The van der Waals surface area contributed by atoms with Gasteiger partial charge in [0.1, 0.15) is 104 Å². The van der Waals surface area contributed by atoms with Crippen molar-refractivity contribution in [3.05, 3.63) is 11.6 Å². The molecule has 0 bridgehead atoms. The van der Waals surface area contributed by atoms with Crippen molar-refractivity contribution in [2.45, 2.75) is 278 Å². The van der Waals surface area contributed by atoms with Gasteiger partial charge in [-0.25, -0.2) is 0 Å². The van der Waals surface area contributed by atoms with Crippen molar-refractivity contribution in [3.63, 3.8) is 0 Å². The van der Waals surface area contributed by atoms with Gasteiger partial charge in [-0.15, -0.1) is 0 Å². The van der Waals surface area contributed by atoms with Gasteiger partial charge in [-0.2, -0.15) is 0 Å². The van der Waals surface area contributed by atoms with Gasteiger partial charge < -0.3 is 123 Å². The van der Waals surface area contributed by atoms with Crippen LogP contribution in [0.15, 0.2) is 11.6 Å². The molecular weight excluding hydrogens is 1080 g/mol. The maximum Gasteiger partial charge on any atom is 0.187 e. The van der Waals surface area contributed by atoms with E-state index in [-0.39, 0.29) is 16.9 Å². The van der Waals surface area contributed by atoms with E-state index >= 15 is 0 Å². The molecule has 4 aliphatic carbocycles. The Balaban J connectivity index is 0.776. The van der Waals surface area contributed by atoms with Crippen molar-refractivity contribution >= 4 is 0 Å². The highest BCUT2D eigenvalue weighted by Crippen LogP contribution is 2.71. The number of aliphatic hydroxyl groups is 13. The number of hydrogen-bond donors (Lipinski definition) is 13. The van der Waals surface area contributed by atoms with E-state index in [1.807, 2.05) is 0 Å². The number of rotatable bonds is 12. The van der Waals surface area contributed by atoms with Gasteiger partial charge in [0, 0.05) is 12.3 Å². The molecule has 36 atom stereocenters. The second-order valence-corrected chi connectivity index (χ2v) is 26.7. The molecule has 1 spiro atoms. The van der Waals surface area contributed by atoms with Crippen LogP contribution >= 0.6 is 0 Å². The van der Waals surface area contributed by atoms with Crippen molar-refractivity contribution in [2.75, 3.05) is 19.8 Å². The third kappa shape index (κ3) is 10.7. The van der Waals surface area contributed by atoms with E-state index < -0.39 is 179 Å². The first-order chi connectivity index (χ1) is 38.8. The van der Waals surface area contributed by atoms with Gasteiger partial charge in [-0.05, 0) is 113 Å². The molecule has 13 N–H and O–H groups in total. The standard InChI is InChI=1S/C57H92O25/c1-21-10-15-57(71-20-21)22(2)34-31(82-57)17-30-28-9-8-26-16-27(11-13-55(26,6)29(28)12-14-56(30,34)7)75-54-49(81-50-42(67)38(63)35(60)23(3)72-50)45(70)47(33(19-59)77-54)79-51-44(69)41(66)46(25(5)74-51)78-53-48(40(65)36(61)24(4)73-53)80-52-43(68)39(64)37(62)32(18-58)76-52/h8,21-25,27-54,58-70H,9-20H2,1-7H3/t21-,22+,23+,24+,25+,27?,28-,29+,30+,31+,32-,33-,34+,35+,36+,37-,38-,39+,40-,41+,42-,43-,44-,45+,46+,47-,48-,49-,50+,51+,52+,53+,54-,55+,56+,57-/m1/s1. The maximum absolute atomic E-state index is 12.4. The highest BCUT2D eigenvalue weighted by molar-refractivity contribution is 5.26. The SMILES string of the molecule is C[C@@H]1CC[C@@]2(OC1)O[C@H]1C[C@H]3[C@@H]4CC=C5CC(O[C@@H]6O[C@H](CO)[C@@H](O[C@@H]7O[C@@H](C)[C@H](O[C@@H]8O[C@@H](C)[C@H](O)[C@@H](O)[C@H]8O[C@@H]8O[C@H](CO)[C@@H](O)[C@H](O)[C@H]8O)[C@@H](O)[C@H]7O)[C@H](O)[C@H]6O[C@@H]6O[C@@H](C)[C@H](O)[C@@H](O)[C@H]6O)CC[C@]5(C)[C@H]4CC[C@]3(C)[C@H]1[C@@H]2C. The first-order valence-corrected chi connectivity index (χ1v) is 30.1. The van der Waals surface area contributed by atoms with Crippen LogP contribution in [0.5, 0.6) is 0 Å². The van der Waals surface area contributed by atoms with Crippen LogP contribution in [0.25, 0.3) is 0 Å². The number of aliphatic hydroxyl groups excluding tert-OH is 13. The van der Waals surface area contributed by atoms with Crippen LogP contribution in [0.3, 0.4) is 0 Å². The summed E-state index contributed by atoms with van der Waals surface area (Å²) in [5.41, 5.74) is 1.34. The molecule has 7 heterocycles. The molecule has 470 valence electrons. The van der Waals surface area contributed by atoms with Crippen LogP contribution in [0.4, 0.5) is 0 Å². The van der Waals surface area contributed by atoms with E-state index in [9.17, 15) is 66.4 Å². The lowest BCUT2D eigenvalue weighted by molar-refractivity contribution is -0.399. The van der Waals surface area contributed by atoms with Gasteiger partial charge in [0.05, 0.1) is 50.3 Å². The van der Waals surface area contributed by atoms with Gasteiger partial charge >= 0.3 is 0 Å². The molecular formula is C57H92O25. The van der Waals surface area contributed by atoms with Crippen LogP contribution in [0.2, 0.25) is 0 Å².